The lowest BCUT2D eigenvalue weighted by Gasteiger charge is -2.27. The van der Waals surface area contributed by atoms with E-state index in [1.807, 2.05) is 6.92 Å². The number of carbonyl (C=O) groups excluding carboxylic acids is 1. The van der Waals surface area contributed by atoms with Crippen molar-refractivity contribution in [3.8, 4) is 17.2 Å². The number of hydrogen-bond acceptors (Lipinski definition) is 6. The van der Waals surface area contributed by atoms with Crippen molar-refractivity contribution in [2.45, 2.75) is 38.4 Å². The molecule has 2 rings (SSSR count). The van der Waals surface area contributed by atoms with Gasteiger partial charge in [-0.1, -0.05) is 6.92 Å². The Hall–Kier alpha value is -1.95. The van der Waals surface area contributed by atoms with Gasteiger partial charge in [-0.2, -0.15) is 0 Å². The number of ether oxygens (including phenoxy) is 2. The Bertz CT molecular complexity index is 525. The van der Waals surface area contributed by atoms with Gasteiger partial charge in [0.1, 0.15) is 11.7 Å². The Morgan fingerprint density at radius 1 is 1.45 bits per heavy atom. The van der Waals surface area contributed by atoms with Crippen LogP contribution in [0.3, 0.4) is 0 Å². The van der Waals surface area contributed by atoms with Crippen molar-refractivity contribution in [3.63, 3.8) is 0 Å². The van der Waals surface area contributed by atoms with Gasteiger partial charge in [0.05, 0.1) is 13.2 Å². The van der Waals surface area contributed by atoms with Gasteiger partial charge < -0.3 is 24.8 Å². The highest BCUT2D eigenvalue weighted by Crippen LogP contribution is 2.42. The summed E-state index contributed by atoms with van der Waals surface area (Å²) in [5.74, 6) is -1.60. The number of aliphatic hydroxyl groups is 1. The molecule has 1 heterocycles. The van der Waals surface area contributed by atoms with Crippen molar-refractivity contribution in [2.75, 3.05) is 7.11 Å². The summed E-state index contributed by atoms with van der Waals surface area (Å²) in [6.45, 7) is 1.84. The first-order valence-corrected chi connectivity index (χ1v) is 6.48. The summed E-state index contributed by atoms with van der Waals surface area (Å²) < 4.78 is 10.1. The van der Waals surface area contributed by atoms with Crippen molar-refractivity contribution in [3.05, 3.63) is 17.2 Å². The van der Waals surface area contributed by atoms with Crippen LogP contribution in [0, 0.1) is 0 Å². The lowest BCUT2D eigenvalue weighted by Crippen LogP contribution is -2.31. The van der Waals surface area contributed by atoms with Gasteiger partial charge in [0.2, 0.25) is 5.75 Å². The minimum absolute atomic E-state index is 0.0365. The summed E-state index contributed by atoms with van der Waals surface area (Å²) in [6, 6.07) is 1.51. The number of benzene rings is 1. The summed E-state index contributed by atoms with van der Waals surface area (Å²) in [5, 5.41) is 29.2. The number of esters is 1. The zero-order valence-electron chi connectivity index (χ0n) is 11.4. The maximum Gasteiger partial charge on any atom is 0.342 e. The molecule has 0 saturated carbocycles. The summed E-state index contributed by atoms with van der Waals surface area (Å²) >= 11 is 0. The Balaban J connectivity index is 2.35. The molecule has 1 aliphatic heterocycles. The molecule has 110 valence electrons. The molecule has 0 radical (unpaired) electrons. The highest BCUT2D eigenvalue weighted by Gasteiger charge is 2.32. The smallest absolute Gasteiger partial charge is 0.342 e. The van der Waals surface area contributed by atoms with Gasteiger partial charge in [-0.3, -0.25) is 0 Å². The molecule has 0 amide bonds. The molecule has 3 N–H and O–H groups in total. The molecule has 0 spiro atoms. The summed E-state index contributed by atoms with van der Waals surface area (Å²) in [7, 11) is 1.36. The number of hydrogen-bond donors (Lipinski definition) is 3. The minimum atomic E-state index is -0.699. The van der Waals surface area contributed by atoms with Gasteiger partial charge >= 0.3 is 5.97 Å². The number of methoxy groups -OCH3 is 1. The van der Waals surface area contributed by atoms with Crippen molar-refractivity contribution in [1.29, 1.82) is 0 Å². The average Bonchev–Trinajstić information content (AvgIpc) is 2.42. The maximum absolute atomic E-state index is 11.9. The van der Waals surface area contributed by atoms with Crippen LogP contribution in [0.1, 0.15) is 35.7 Å². The molecule has 1 aliphatic rings. The lowest BCUT2D eigenvalue weighted by molar-refractivity contribution is 0.00936. The Labute approximate surface area is 116 Å². The normalized spacial score (nSPS) is 19.1. The lowest BCUT2D eigenvalue weighted by atomic mass is 9.94. The van der Waals surface area contributed by atoms with Crippen LogP contribution in [0.4, 0.5) is 0 Å². The molecule has 20 heavy (non-hydrogen) atoms. The standard InChI is InChI=1S/C14H18O6/c1-3-8(15)6-9-4-7-5-10(19-2)12(16)13(17)11(7)14(18)20-9/h5,8-9,15-17H,3-4,6H2,1-2H3/t8-,9+/m0/s1. The van der Waals surface area contributed by atoms with E-state index in [-0.39, 0.29) is 11.3 Å². The van der Waals surface area contributed by atoms with E-state index in [1.54, 1.807) is 0 Å². The fourth-order valence-corrected chi connectivity index (χ4v) is 2.33. The van der Waals surface area contributed by atoms with E-state index in [0.29, 0.717) is 24.8 Å². The second-order valence-electron chi connectivity index (χ2n) is 4.84. The minimum Gasteiger partial charge on any atom is -0.504 e. The van der Waals surface area contributed by atoms with E-state index < -0.39 is 29.7 Å². The van der Waals surface area contributed by atoms with Gasteiger partial charge in [-0.25, -0.2) is 4.79 Å². The average molecular weight is 282 g/mol. The van der Waals surface area contributed by atoms with Crippen molar-refractivity contribution in [1.82, 2.24) is 0 Å². The van der Waals surface area contributed by atoms with Crippen LogP contribution in [0.25, 0.3) is 0 Å². The Morgan fingerprint density at radius 2 is 2.15 bits per heavy atom. The third-order valence-corrected chi connectivity index (χ3v) is 3.47. The summed E-state index contributed by atoms with van der Waals surface area (Å²) in [4.78, 5) is 11.9. The van der Waals surface area contributed by atoms with Crippen LogP contribution in [0.2, 0.25) is 0 Å². The number of aliphatic hydroxyl groups excluding tert-OH is 1. The molecule has 0 aromatic heterocycles. The predicted molar refractivity (Wildman–Crippen MR) is 70.1 cm³/mol. The van der Waals surface area contributed by atoms with E-state index >= 15 is 0 Å². The zero-order valence-corrected chi connectivity index (χ0v) is 11.4. The number of cyclic esters (lactones) is 1. The number of rotatable bonds is 4. The highest BCUT2D eigenvalue weighted by atomic mass is 16.5. The molecular weight excluding hydrogens is 264 g/mol. The summed E-state index contributed by atoms with van der Waals surface area (Å²) in [5.41, 5.74) is 0.507. The number of phenols is 2. The summed E-state index contributed by atoms with van der Waals surface area (Å²) in [6.07, 6.45) is 0.291. The first kappa shape index (κ1) is 14.5. The van der Waals surface area contributed by atoms with E-state index in [1.165, 1.54) is 13.2 Å². The van der Waals surface area contributed by atoms with Gasteiger partial charge in [0, 0.05) is 12.8 Å². The molecule has 0 fully saturated rings. The largest absolute Gasteiger partial charge is 0.504 e. The Kier molecular flexibility index (Phi) is 4.04. The van der Waals surface area contributed by atoms with Crippen LogP contribution < -0.4 is 4.74 Å². The SMILES string of the molecule is CC[C@H](O)C[C@H]1Cc2cc(OC)c(O)c(O)c2C(=O)O1. The van der Waals surface area contributed by atoms with Crippen molar-refractivity contribution < 1.29 is 29.6 Å². The molecule has 0 unspecified atom stereocenters. The zero-order chi connectivity index (χ0) is 14.9. The molecule has 0 aliphatic carbocycles. The van der Waals surface area contributed by atoms with Crippen LogP contribution in [-0.4, -0.2) is 40.6 Å². The fraction of sp³-hybridized carbons (Fsp3) is 0.500. The number of fused-ring (bicyclic) bond motifs is 1. The molecular formula is C14H18O6. The predicted octanol–water partition coefficient (Wildman–Crippen LogP) is 1.35. The van der Waals surface area contributed by atoms with E-state index in [4.69, 9.17) is 9.47 Å². The first-order valence-electron chi connectivity index (χ1n) is 6.48. The number of phenolic OH excluding ortho intramolecular Hbond substituents is 2. The molecule has 0 bridgehead atoms. The van der Waals surface area contributed by atoms with Gasteiger partial charge in [0.25, 0.3) is 0 Å². The van der Waals surface area contributed by atoms with Crippen LogP contribution >= 0.6 is 0 Å². The fourth-order valence-electron chi connectivity index (χ4n) is 2.33. The molecule has 1 aromatic rings. The second kappa shape index (κ2) is 5.58. The van der Waals surface area contributed by atoms with Crippen molar-refractivity contribution in [2.24, 2.45) is 0 Å². The maximum atomic E-state index is 11.9. The Morgan fingerprint density at radius 3 is 2.75 bits per heavy atom. The second-order valence-corrected chi connectivity index (χ2v) is 4.84. The third kappa shape index (κ3) is 2.51. The molecule has 6 nitrogen and oxygen atoms in total. The molecule has 2 atom stereocenters. The topological polar surface area (TPSA) is 96.2 Å². The molecule has 6 heteroatoms. The van der Waals surface area contributed by atoms with Gasteiger partial charge in [-0.05, 0) is 18.1 Å². The van der Waals surface area contributed by atoms with Gasteiger partial charge in [0.15, 0.2) is 11.5 Å². The third-order valence-electron chi connectivity index (χ3n) is 3.47. The van der Waals surface area contributed by atoms with Crippen LogP contribution in [-0.2, 0) is 11.2 Å². The quantitative estimate of drug-likeness (QED) is 0.570. The monoisotopic (exact) mass is 282 g/mol. The van der Waals surface area contributed by atoms with E-state index in [0.717, 1.165) is 0 Å². The van der Waals surface area contributed by atoms with E-state index in [9.17, 15) is 20.1 Å². The number of carbonyl (C=O) groups is 1. The van der Waals surface area contributed by atoms with Gasteiger partial charge in [-0.15, -0.1) is 0 Å². The van der Waals surface area contributed by atoms with Crippen molar-refractivity contribution >= 4 is 5.97 Å². The van der Waals surface area contributed by atoms with E-state index in [2.05, 4.69) is 0 Å². The van der Waals surface area contributed by atoms with Crippen LogP contribution in [0.5, 0.6) is 17.2 Å². The molecule has 1 aromatic carbocycles. The van der Waals surface area contributed by atoms with Crippen LogP contribution in [0.15, 0.2) is 6.07 Å². The first-order chi connectivity index (χ1) is 9.47. The molecule has 0 saturated heterocycles. The number of aromatic hydroxyl groups is 2. The highest BCUT2D eigenvalue weighted by molar-refractivity contribution is 5.96.